The number of nitro benzene ring substituents is 1. The van der Waals surface area contributed by atoms with E-state index >= 15 is 0 Å². The summed E-state index contributed by atoms with van der Waals surface area (Å²) in [5.41, 5.74) is 2.65. The van der Waals surface area contributed by atoms with Gasteiger partial charge in [0, 0.05) is 33.8 Å². The molecule has 0 amide bonds. The molecule has 8 heteroatoms. The van der Waals surface area contributed by atoms with E-state index in [-0.39, 0.29) is 5.69 Å². The van der Waals surface area contributed by atoms with Crippen molar-refractivity contribution in [3.05, 3.63) is 74.9 Å². The molecule has 0 aliphatic heterocycles. The van der Waals surface area contributed by atoms with Crippen molar-refractivity contribution in [2.45, 2.75) is 52.9 Å². The number of aromatic nitrogens is 1. The average Bonchev–Trinajstić information content (AvgIpc) is 3.06. The van der Waals surface area contributed by atoms with Gasteiger partial charge in [0.1, 0.15) is 5.52 Å². The molecular formula is C26H29ClN2O5. The van der Waals surface area contributed by atoms with Crippen LogP contribution < -0.4 is 0 Å². The molecule has 0 spiro atoms. The number of allylic oxidation sites excluding steroid dienone is 1. The monoisotopic (exact) mass is 484 g/mol. The standard InChI is InChI=1S/C26H29ClN2O5/c1-8-13-28-15(2)14-19-21(17-9-11-18(27)12-10-17)20(16(3)22(23(19)28)29(31)32)24(25(30)33-7)34-26(4,5)6/h8-12,14,24H,1,13H2,2-7H3/t24-/m0/s1. The van der Waals surface area contributed by atoms with Gasteiger partial charge in [0.15, 0.2) is 6.10 Å². The van der Waals surface area contributed by atoms with Gasteiger partial charge in [0.2, 0.25) is 0 Å². The van der Waals surface area contributed by atoms with Gasteiger partial charge in [-0.2, -0.15) is 0 Å². The summed E-state index contributed by atoms with van der Waals surface area (Å²) in [6, 6.07) is 9.04. The van der Waals surface area contributed by atoms with Crippen LogP contribution >= 0.6 is 11.6 Å². The van der Waals surface area contributed by atoms with Crippen LogP contribution in [0.25, 0.3) is 22.0 Å². The maximum Gasteiger partial charge on any atom is 0.339 e. The Morgan fingerprint density at radius 1 is 1.26 bits per heavy atom. The van der Waals surface area contributed by atoms with Gasteiger partial charge in [-0.05, 0) is 63.9 Å². The Morgan fingerprint density at radius 2 is 1.88 bits per heavy atom. The summed E-state index contributed by atoms with van der Waals surface area (Å²) in [5, 5.41) is 13.6. The number of nitrogens with zero attached hydrogens (tertiary/aromatic N) is 2. The smallest absolute Gasteiger partial charge is 0.339 e. The highest BCUT2D eigenvalue weighted by atomic mass is 35.5. The Balaban J connectivity index is 2.59. The predicted octanol–water partition coefficient (Wildman–Crippen LogP) is 6.70. The molecule has 0 aliphatic carbocycles. The number of aryl methyl sites for hydroxylation is 1. The van der Waals surface area contributed by atoms with Gasteiger partial charge in [-0.25, -0.2) is 4.79 Å². The number of rotatable bonds is 7. The van der Waals surface area contributed by atoms with Crippen molar-refractivity contribution in [1.29, 1.82) is 0 Å². The van der Waals surface area contributed by atoms with Gasteiger partial charge >= 0.3 is 5.97 Å². The normalized spacial score (nSPS) is 12.6. The number of hydrogen-bond donors (Lipinski definition) is 0. The molecule has 0 saturated heterocycles. The molecule has 0 fully saturated rings. The first kappa shape index (κ1) is 25.5. The SMILES string of the molecule is C=CCn1c(C)cc2c(-c3ccc(Cl)cc3)c([C@H](OC(C)(C)C)C(=O)OC)c(C)c([N+](=O)[O-])c21. The van der Waals surface area contributed by atoms with E-state index in [2.05, 4.69) is 6.58 Å². The summed E-state index contributed by atoms with van der Waals surface area (Å²) in [6.07, 6.45) is 0.517. The topological polar surface area (TPSA) is 83.6 Å². The van der Waals surface area contributed by atoms with Crippen LogP contribution in [0.15, 0.2) is 43.0 Å². The minimum Gasteiger partial charge on any atom is -0.467 e. The van der Waals surface area contributed by atoms with E-state index < -0.39 is 22.6 Å². The molecule has 7 nitrogen and oxygen atoms in total. The van der Waals surface area contributed by atoms with Crippen LogP contribution in [0.2, 0.25) is 5.02 Å². The van der Waals surface area contributed by atoms with Gasteiger partial charge in [-0.15, -0.1) is 6.58 Å². The number of ether oxygens (including phenoxy) is 2. The molecule has 0 radical (unpaired) electrons. The Hall–Kier alpha value is -3.16. The first-order valence-electron chi connectivity index (χ1n) is 10.8. The van der Waals surface area contributed by atoms with Crippen LogP contribution in [0.5, 0.6) is 0 Å². The molecule has 1 atom stereocenters. The van der Waals surface area contributed by atoms with Crippen molar-refractivity contribution in [2.75, 3.05) is 7.11 Å². The lowest BCUT2D eigenvalue weighted by Gasteiger charge is -2.29. The number of carbonyl (C=O) groups is 1. The third-order valence-electron chi connectivity index (χ3n) is 5.60. The quantitative estimate of drug-likeness (QED) is 0.161. The second-order valence-corrected chi connectivity index (χ2v) is 9.54. The van der Waals surface area contributed by atoms with Crippen molar-refractivity contribution in [3.63, 3.8) is 0 Å². The van der Waals surface area contributed by atoms with Gasteiger partial charge in [0.25, 0.3) is 5.69 Å². The van der Waals surface area contributed by atoms with Gasteiger partial charge in [-0.3, -0.25) is 10.1 Å². The molecule has 3 rings (SSSR count). The number of halogens is 1. The zero-order valence-corrected chi connectivity index (χ0v) is 21.0. The summed E-state index contributed by atoms with van der Waals surface area (Å²) >= 11 is 6.15. The fourth-order valence-electron chi connectivity index (χ4n) is 4.29. The molecule has 0 N–H and O–H groups in total. The van der Waals surface area contributed by atoms with Gasteiger partial charge in [-0.1, -0.05) is 29.8 Å². The third kappa shape index (κ3) is 4.72. The first-order chi connectivity index (χ1) is 15.9. The van der Waals surface area contributed by atoms with Crippen LogP contribution in [-0.2, 0) is 20.8 Å². The summed E-state index contributed by atoms with van der Waals surface area (Å²) in [5.74, 6) is -0.635. The first-order valence-corrected chi connectivity index (χ1v) is 11.2. The van der Waals surface area contributed by atoms with Crippen LogP contribution in [0.4, 0.5) is 5.69 Å². The molecular weight excluding hydrogens is 456 g/mol. The van der Waals surface area contributed by atoms with Crippen LogP contribution in [0, 0.1) is 24.0 Å². The van der Waals surface area contributed by atoms with Crippen LogP contribution in [0.1, 0.15) is 43.7 Å². The molecule has 1 aromatic heterocycles. The second kappa shape index (κ2) is 9.60. The summed E-state index contributed by atoms with van der Waals surface area (Å²) < 4.78 is 13.1. The molecule has 0 bridgehead atoms. The van der Waals surface area contributed by atoms with Crippen molar-refractivity contribution in [1.82, 2.24) is 4.57 Å². The highest BCUT2D eigenvalue weighted by Crippen LogP contribution is 2.46. The predicted molar refractivity (Wildman–Crippen MR) is 134 cm³/mol. The summed E-state index contributed by atoms with van der Waals surface area (Å²) in [6.45, 7) is 13.2. The maximum atomic E-state index is 13.0. The highest BCUT2D eigenvalue weighted by Gasteiger charge is 2.37. The van der Waals surface area contributed by atoms with E-state index in [1.165, 1.54) is 7.11 Å². The number of methoxy groups -OCH3 is 1. The van der Waals surface area contributed by atoms with E-state index in [0.717, 1.165) is 11.3 Å². The largest absolute Gasteiger partial charge is 0.467 e. The lowest BCUT2D eigenvalue weighted by Crippen LogP contribution is -2.29. The number of benzene rings is 2. The molecule has 0 unspecified atom stereocenters. The molecule has 180 valence electrons. The van der Waals surface area contributed by atoms with E-state index in [0.29, 0.717) is 39.2 Å². The molecule has 0 saturated carbocycles. The fraction of sp³-hybridized carbons (Fsp3) is 0.346. The number of esters is 1. The van der Waals surface area contributed by atoms with Crippen molar-refractivity contribution >= 4 is 34.2 Å². The molecule has 3 aromatic rings. The van der Waals surface area contributed by atoms with Crippen LogP contribution in [0.3, 0.4) is 0 Å². The lowest BCUT2D eigenvalue weighted by atomic mass is 9.87. The minimum absolute atomic E-state index is 0.0796. The number of hydrogen-bond acceptors (Lipinski definition) is 5. The Bertz CT molecular complexity index is 1270. The minimum atomic E-state index is -1.18. The van der Waals surface area contributed by atoms with Gasteiger partial charge in [0.05, 0.1) is 17.6 Å². The van der Waals surface area contributed by atoms with E-state index in [1.807, 2.05) is 50.5 Å². The number of carbonyl (C=O) groups excluding carboxylic acids is 1. The van der Waals surface area contributed by atoms with E-state index in [4.69, 9.17) is 21.1 Å². The Labute approximate surface area is 204 Å². The van der Waals surface area contributed by atoms with Crippen LogP contribution in [-0.4, -0.2) is 28.2 Å². The molecule has 2 aromatic carbocycles. The van der Waals surface area contributed by atoms with Crippen molar-refractivity contribution < 1.29 is 19.2 Å². The summed E-state index contributed by atoms with van der Waals surface area (Å²) in [7, 11) is 1.27. The zero-order chi connectivity index (χ0) is 25.4. The molecule has 1 heterocycles. The maximum absolute atomic E-state index is 13.0. The van der Waals surface area contributed by atoms with Crippen molar-refractivity contribution in [3.8, 4) is 11.1 Å². The zero-order valence-electron chi connectivity index (χ0n) is 20.3. The average molecular weight is 485 g/mol. The fourth-order valence-corrected chi connectivity index (χ4v) is 4.42. The molecule has 0 aliphatic rings. The second-order valence-electron chi connectivity index (χ2n) is 9.11. The highest BCUT2D eigenvalue weighted by molar-refractivity contribution is 6.30. The molecule has 34 heavy (non-hydrogen) atoms. The number of nitro groups is 1. The van der Waals surface area contributed by atoms with E-state index in [1.54, 1.807) is 25.1 Å². The van der Waals surface area contributed by atoms with Gasteiger partial charge < -0.3 is 14.0 Å². The Morgan fingerprint density at radius 3 is 2.38 bits per heavy atom. The van der Waals surface area contributed by atoms with E-state index in [9.17, 15) is 14.9 Å². The number of fused-ring (bicyclic) bond motifs is 1. The summed E-state index contributed by atoms with van der Waals surface area (Å²) in [4.78, 5) is 25.0. The lowest BCUT2D eigenvalue weighted by molar-refractivity contribution is -0.383. The van der Waals surface area contributed by atoms with Crippen molar-refractivity contribution in [2.24, 2.45) is 0 Å². The third-order valence-corrected chi connectivity index (χ3v) is 5.85. The Kier molecular flexibility index (Phi) is 7.19.